The molecule has 1 aliphatic carbocycles. The molecular weight excluding hydrogens is 460 g/mol. The first-order valence-electron chi connectivity index (χ1n) is 12.7. The van der Waals surface area contributed by atoms with Crippen LogP contribution in [0.4, 0.5) is 5.69 Å². The van der Waals surface area contributed by atoms with Crippen molar-refractivity contribution in [2.75, 3.05) is 31.5 Å². The first-order valence-corrected chi connectivity index (χ1v) is 13.1. The summed E-state index contributed by atoms with van der Waals surface area (Å²) in [6, 6.07) is 13.6. The molecule has 2 fully saturated rings. The Labute approximate surface area is 211 Å². The van der Waals surface area contributed by atoms with Crippen LogP contribution in [-0.2, 0) is 4.79 Å². The number of piperidine rings is 1. The summed E-state index contributed by atoms with van der Waals surface area (Å²) < 4.78 is 0. The van der Waals surface area contributed by atoms with Crippen molar-refractivity contribution in [3.63, 3.8) is 0 Å². The Balaban J connectivity index is 1.12. The minimum Gasteiger partial charge on any atom is -0.375 e. The number of aromatic amines is 1. The fourth-order valence-corrected chi connectivity index (χ4v) is 5.75. The Morgan fingerprint density at radius 2 is 1.83 bits per heavy atom. The number of benzene rings is 2. The van der Waals surface area contributed by atoms with E-state index in [1.165, 1.54) is 25.7 Å². The molecule has 0 atom stereocenters. The van der Waals surface area contributed by atoms with Gasteiger partial charge in [-0.25, -0.2) is 0 Å². The second kappa shape index (κ2) is 10.8. The largest absolute Gasteiger partial charge is 0.375 e. The summed E-state index contributed by atoms with van der Waals surface area (Å²) >= 11 is 6.57. The van der Waals surface area contributed by atoms with Gasteiger partial charge in [0.2, 0.25) is 5.91 Å². The molecule has 0 bridgehead atoms. The van der Waals surface area contributed by atoms with Crippen LogP contribution in [0.2, 0.25) is 5.02 Å². The third-order valence-electron chi connectivity index (χ3n) is 7.58. The zero-order valence-corrected chi connectivity index (χ0v) is 20.7. The van der Waals surface area contributed by atoms with Crippen LogP contribution in [0.5, 0.6) is 0 Å². The number of ketones is 1. The van der Waals surface area contributed by atoms with Crippen LogP contribution in [0.1, 0.15) is 54.4 Å². The quantitative estimate of drug-likeness (QED) is 0.376. The summed E-state index contributed by atoms with van der Waals surface area (Å²) in [4.78, 5) is 31.4. The van der Waals surface area contributed by atoms with Gasteiger partial charge in [-0.3, -0.25) is 9.59 Å². The highest BCUT2D eigenvalue weighted by atomic mass is 35.5. The van der Waals surface area contributed by atoms with Gasteiger partial charge in [-0.05, 0) is 74.3 Å². The van der Waals surface area contributed by atoms with E-state index in [4.69, 9.17) is 11.6 Å². The van der Waals surface area contributed by atoms with E-state index >= 15 is 0 Å². The summed E-state index contributed by atoms with van der Waals surface area (Å²) in [5.41, 5.74) is 2.47. The van der Waals surface area contributed by atoms with Gasteiger partial charge >= 0.3 is 0 Å². The van der Waals surface area contributed by atoms with E-state index in [0.29, 0.717) is 34.3 Å². The van der Waals surface area contributed by atoms with Crippen molar-refractivity contribution in [2.45, 2.75) is 44.6 Å². The molecule has 35 heavy (non-hydrogen) atoms. The average molecular weight is 493 g/mol. The molecule has 1 saturated heterocycles. The Morgan fingerprint density at radius 3 is 2.63 bits per heavy atom. The molecule has 0 unspecified atom stereocenters. The lowest BCUT2D eigenvalue weighted by Gasteiger charge is -2.36. The van der Waals surface area contributed by atoms with Crippen LogP contribution in [0, 0.1) is 5.92 Å². The second-order valence-electron chi connectivity index (χ2n) is 9.85. The number of hydrogen-bond donors (Lipinski definition) is 3. The fraction of sp³-hybridized carbons (Fsp3) is 0.429. The molecule has 1 aromatic heterocycles. The summed E-state index contributed by atoms with van der Waals surface area (Å²) in [6.45, 7) is 3.13. The molecule has 1 aliphatic heterocycles. The maximum atomic E-state index is 13.1. The maximum absolute atomic E-state index is 13.1. The summed E-state index contributed by atoms with van der Waals surface area (Å²) in [6.07, 6.45) is 9.59. The zero-order chi connectivity index (χ0) is 24.2. The van der Waals surface area contributed by atoms with Crippen LogP contribution < -0.4 is 10.6 Å². The number of anilines is 1. The van der Waals surface area contributed by atoms with E-state index in [2.05, 4.69) is 20.5 Å². The van der Waals surface area contributed by atoms with Crippen LogP contribution in [0.3, 0.4) is 0 Å². The number of fused-ring (bicyclic) bond motifs is 1. The molecule has 2 heterocycles. The first kappa shape index (κ1) is 23.9. The molecule has 2 aliphatic rings. The van der Waals surface area contributed by atoms with Crippen LogP contribution in [0.25, 0.3) is 10.9 Å². The number of amides is 1. The van der Waals surface area contributed by atoms with Gasteiger partial charge in [0, 0.05) is 35.4 Å². The Hall–Kier alpha value is -2.83. The number of H-pyrrole nitrogens is 1. The lowest BCUT2D eigenvalue weighted by atomic mass is 9.95. The molecule has 3 N–H and O–H groups in total. The van der Waals surface area contributed by atoms with Gasteiger partial charge in [-0.1, -0.05) is 42.6 Å². The molecule has 0 radical (unpaired) electrons. The van der Waals surface area contributed by atoms with Gasteiger partial charge in [0.05, 0.1) is 17.3 Å². The molecule has 5 rings (SSSR count). The number of aromatic nitrogens is 1. The topological polar surface area (TPSA) is 77.2 Å². The van der Waals surface area contributed by atoms with E-state index in [1.54, 1.807) is 24.3 Å². The van der Waals surface area contributed by atoms with Gasteiger partial charge in [0.25, 0.3) is 0 Å². The molecule has 7 heteroatoms. The standard InChI is InChI=1S/C28H33ClN4O2/c29-27-23(28(35)21-9-8-20-10-13-30-25(20)16-21)6-3-7-24(27)31-18-26(34)32-17-19-11-14-33(15-12-19)22-4-1-2-5-22/h3,6-10,13,16,19,22,30-31H,1-2,4-5,11-12,14-15,17-18H2,(H,32,34). The van der Waals surface area contributed by atoms with E-state index in [9.17, 15) is 9.59 Å². The summed E-state index contributed by atoms with van der Waals surface area (Å²) in [5, 5.41) is 7.56. The van der Waals surface area contributed by atoms with Crippen molar-refractivity contribution in [2.24, 2.45) is 5.92 Å². The van der Waals surface area contributed by atoms with Gasteiger partial charge in [-0.15, -0.1) is 0 Å². The Kier molecular flexibility index (Phi) is 7.40. The molecule has 6 nitrogen and oxygen atoms in total. The molecule has 1 amide bonds. The van der Waals surface area contributed by atoms with Crippen molar-refractivity contribution < 1.29 is 9.59 Å². The minimum atomic E-state index is -0.149. The second-order valence-corrected chi connectivity index (χ2v) is 10.2. The third-order valence-corrected chi connectivity index (χ3v) is 7.99. The number of likely N-dealkylation sites (tertiary alicyclic amines) is 1. The predicted octanol–water partition coefficient (Wildman–Crippen LogP) is 5.24. The van der Waals surface area contributed by atoms with Crippen molar-refractivity contribution in [1.29, 1.82) is 0 Å². The van der Waals surface area contributed by atoms with Crippen LogP contribution in [-0.4, -0.2) is 53.8 Å². The highest BCUT2D eigenvalue weighted by Gasteiger charge is 2.27. The first-order chi connectivity index (χ1) is 17.1. The normalized spacial score (nSPS) is 17.6. The average Bonchev–Trinajstić information content (AvgIpc) is 3.59. The van der Waals surface area contributed by atoms with Crippen LogP contribution >= 0.6 is 11.6 Å². The molecule has 0 spiro atoms. The molecule has 2 aromatic carbocycles. The number of nitrogens with zero attached hydrogens (tertiary/aromatic N) is 1. The predicted molar refractivity (Wildman–Crippen MR) is 141 cm³/mol. The highest BCUT2D eigenvalue weighted by molar-refractivity contribution is 6.37. The number of hydrogen-bond acceptors (Lipinski definition) is 4. The number of halogens is 1. The minimum absolute atomic E-state index is 0.0618. The van der Waals surface area contributed by atoms with Gasteiger partial charge < -0.3 is 20.5 Å². The maximum Gasteiger partial charge on any atom is 0.239 e. The van der Waals surface area contributed by atoms with Crippen molar-refractivity contribution in [3.05, 3.63) is 64.8 Å². The van der Waals surface area contributed by atoms with Crippen molar-refractivity contribution >= 4 is 39.9 Å². The van der Waals surface area contributed by atoms with E-state index in [-0.39, 0.29) is 18.2 Å². The van der Waals surface area contributed by atoms with Crippen molar-refractivity contribution in [1.82, 2.24) is 15.2 Å². The zero-order valence-electron chi connectivity index (χ0n) is 20.0. The monoisotopic (exact) mass is 492 g/mol. The van der Waals surface area contributed by atoms with E-state index in [1.807, 2.05) is 24.4 Å². The van der Waals surface area contributed by atoms with Gasteiger partial charge in [0.15, 0.2) is 5.78 Å². The van der Waals surface area contributed by atoms with E-state index < -0.39 is 0 Å². The lowest BCUT2D eigenvalue weighted by Crippen LogP contribution is -2.43. The van der Waals surface area contributed by atoms with E-state index in [0.717, 1.165) is 42.9 Å². The number of carbonyl (C=O) groups is 2. The lowest BCUT2D eigenvalue weighted by molar-refractivity contribution is -0.119. The molecular formula is C28H33ClN4O2. The van der Waals surface area contributed by atoms with Crippen molar-refractivity contribution in [3.8, 4) is 0 Å². The highest BCUT2D eigenvalue weighted by Crippen LogP contribution is 2.29. The number of rotatable bonds is 8. The summed E-state index contributed by atoms with van der Waals surface area (Å²) in [7, 11) is 0. The molecule has 184 valence electrons. The number of nitrogens with one attached hydrogen (secondary N) is 3. The summed E-state index contributed by atoms with van der Waals surface area (Å²) in [5.74, 6) is 0.329. The SMILES string of the molecule is O=C(CNc1cccc(C(=O)c2ccc3cc[nH]c3c2)c1Cl)NCC1CCN(C2CCCC2)CC1. The molecule has 1 saturated carbocycles. The van der Waals surface area contributed by atoms with Gasteiger partial charge in [-0.2, -0.15) is 0 Å². The number of carbonyl (C=O) groups excluding carboxylic acids is 2. The van der Waals surface area contributed by atoms with Gasteiger partial charge in [0.1, 0.15) is 0 Å². The Bertz CT molecular complexity index is 1190. The molecule has 3 aromatic rings. The smallest absolute Gasteiger partial charge is 0.239 e. The third kappa shape index (κ3) is 5.54. The Morgan fingerprint density at radius 1 is 1.03 bits per heavy atom. The fourth-order valence-electron chi connectivity index (χ4n) is 5.48. The van der Waals surface area contributed by atoms with Crippen LogP contribution in [0.15, 0.2) is 48.7 Å².